The summed E-state index contributed by atoms with van der Waals surface area (Å²) < 4.78 is 4.86. The van der Waals surface area contributed by atoms with E-state index >= 15 is 0 Å². The van der Waals surface area contributed by atoms with Crippen molar-refractivity contribution in [3.8, 4) is 0 Å². The van der Waals surface area contributed by atoms with Crippen molar-refractivity contribution < 1.29 is 24.2 Å². The van der Waals surface area contributed by atoms with Gasteiger partial charge in [-0.05, 0) is 38.0 Å². The van der Waals surface area contributed by atoms with Crippen LogP contribution in [0.15, 0.2) is 0 Å². The molecule has 0 unspecified atom stereocenters. The topological polar surface area (TPSA) is 87.2 Å². The second-order valence-corrected chi connectivity index (χ2v) is 6.84. The van der Waals surface area contributed by atoms with Crippen molar-refractivity contribution in [1.82, 2.24) is 9.80 Å². The highest BCUT2D eigenvalue weighted by Gasteiger charge is 2.55. The molecule has 2 atom stereocenters. The molecule has 2 heterocycles. The molecule has 0 radical (unpaired) electrons. The third kappa shape index (κ3) is 3.14. The Balaban J connectivity index is 2.27. The zero-order valence-electron chi connectivity index (χ0n) is 14.1. The number of esters is 1. The van der Waals surface area contributed by atoms with Crippen molar-refractivity contribution in [3.63, 3.8) is 0 Å². The normalized spacial score (nSPS) is 26.0. The molecule has 1 N–H and O–H groups in total. The van der Waals surface area contributed by atoms with Gasteiger partial charge in [0.15, 0.2) is 0 Å². The molecule has 7 nitrogen and oxygen atoms in total. The van der Waals surface area contributed by atoms with Gasteiger partial charge in [-0.15, -0.1) is 0 Å². The molecule has 0 aromatic heterocycles. The standard InChI is InChI=1S/C16H26N2O5/c1-11(2)10-12(13(19)23-3)17-9-7-16(14(17)20)6-4-5-8-18(16)15(21)22/h11-12H,4-10H2,1-3H3,(H,21,22)/t12-,16+/m0/s1. The van der Waals surface area contributed by atoms with Crippen LogP contribution >= 0.6 is 0 Å². The number of methoxy groups -OCH3 is 1. The average Bonchev–Trinajstić information content (AvgIpc) is 2.81. The number of amides is 2. The van der Waals surface area contributed by atoms with Gasteiger partial charge in [-0.25, -0.2) is 9.59 Å². The fraction of sp³-hybridized carbons (Fsp3) is 0.812. The molecule has 23 heavy (non-hydrogen) atoms. The lowest BCUT2D eigenvalue weighted by Gasteiger charge is -2.41. The Hall–Kier alpha value is -1.79. The van der Waals surface area contributed by atoms with Crippen molar-refractivity contribution in [3.05, 3.63) is 0 Å². The number of nitrogens with zero attached hydrogens (tertiary/aromatic N) is 2. The highest BCUT2D eigenvalue weighted by atomic mass is 16.5. The molecule has 2 aliphatic heterocycles. The molecule has 2 rings (SSSR count). The van der Waals surface area contributed by atoms with E-state index in [0.29, 0.717) is 32.4 Å². The Morgan fingerprint density at radius 3 is 2.52 bits per heavy atom. The highest BCUT2D eigenvalue weighted by molar-refractivity contribution is 5.94. The van der Waals surface area contributed by atoms with Crippen LogP contribution in [0.2, 0.25) is 0 Å². The van der Waals surface area contributed by atoms with Crippen LogP contribution in [0, 0.1) is 5.92 Å². The van der Waals surface area contributed by atoms with Gasteiger partial charge in [0.25, 0.3) is 0 Å². The molecule has 2 saturated heterocycles. The molecular formula is C16H26N2O5. The molecule has 1 spiro atoms. The summed E-state index contributed by atoms with van der Waals surface area (Å²) in [6.45, 7) is 4.74. The van der Waals surface area contributed by atoms with Crippen LogP contribution in [0.25, 0.3) is 0 Å². The van der Waals surface area contributed by atoms with Crippen molar-refractivity contribution in [2.75, 3.05) is 20.2 Å². The fourth-order valence-electron chi connectivity index (χ4n) is 3.81. The zero-order valence-corrected chi connectivity index (χ0v) is 14.1. The van der Waals surface area contributed by atoms with Gasteiger partial charge in [-0.1, -0.05) is 13.8 Å². The molecule has 2 amide bonds. The van der Waals surface area contributed by atoms with Crippen LogP contribution in [-0.4, -0.2) is 64.7 Å². The van der Waals surface area contributed by atoms with Crippen molar-refractivity contribution >= 4 is 18.0 Å². The predicted octanol–water partition coefficient (Wildman–Crippen LogP) is 1.71. The van der Waals surface area contributed by atoms with Gasteiger partial charge in [-0.3, -0.25) is 9.69 Å². The number of rotatable bonds is 4. The highest BCUT2D eigenvalue weighted by Crippen LogP contribution is 2.39. The van der Waals surface area contributed by atoms with E-state index in [-0.39, 0.29) is 11.8 Å². The maximum absolute atomic E-state index is 13.1. The van der Waals surface area contributed by atoms with E-state index in [4.69, 9.17) is 4.74 Å². The van der Waals surface area contributed by atoms with Gasteiger partial charge in [-0.2, -0.15) is 0 Å². The lowest BCUT2D eigenvalue weighted by Crippen LogP contribution is -2.59. The van der Waals surface area contributed by atoms with Crippen molar-refractivity contribution in [2.24, 2.45) is 5.92 Å². The minimum Gasteiger partial charge on any atom is -0.467 e. The van der Waals surface area contributed by atoms with Gasteiger partial charge < -0.3 is 14.7 Å². The van der Waals surface area contributed by atoms with Gasteiger partial charge in [0.2, 0.25) is 5.91 Å². The summed E-state index contributed by atoms with van der Waals surface area (Å²) in [5.41, 5.74) is -0.993. The molecule has 0 aromatic rings. The van der Waals surface area contributed by atoms with Crippen LogP contribution in [0.4, 0.5) is 4.79 Å². The van der Waals surface area contributed by atoms with Gasteiger partial charge >= 0.3 is 12.1 Å². The first-order valence-corrected chi connectivity index (χ1v) is 8.23. The molecule has 130 valence electrons. The van der Waals surface area contributed by atoms with E-state index in [9.17, 15) is 19.5 Å². The molecule has 0 aliphatic carbocycles. The van der Waals surface area contributed by atoms with Crippen molar-refractivity contribution in [1.29, 1.82) is 0 Å². The first-order valence-electron chi connectivity index (χ1n) is 8.23. The first kappa shape index (κ1) is 17.6. The summed E-state index contributed by atoms with van der Waals surface area (Å²) >= 11 is 0. The molecule has 2 aliphatic rings. The molecule has 7 heteroatoms. The van der Waals surface area contributed by atoms with E-state index in [1.165, 1.54) is 16.9 Å². The minimum atomic E-state index is -1.06. The Kier molecular flexibility index (Phi) is 5.16. The fourth-order valence-corrected chi connectivity index (χ4v) is 3.81. The first-order chi connectivity index (χ1) is 10.8. The number of likely N-dealkylation sites (tertiary alicyclic amines) is 2. The van der Waals surface area contributed by atoms with Crippen molar-refractivity contribution in [2.45, 2.75) is 57.5 Å². The predicted molar refractivity (Wildman–Crippen MR) is 82.9 cm³/mol. The summed E-state index contributed by atoms with van der Waals surface area (Å²) in [4.78, 5) is 39.6. The largest absolute Gasteiger partial charge is 0.467 e. The van der Waals surface area contributed by atoms with Crippen LogP contribution in [-0.2, 0) is 14.3 Å². The summed E-state index contributed by atoms with van der Waals surface area (Å²) in [6, 6.07) is -0.635. The Morgan fingerprint density at radius 1 is 1.26 bits per heavy atom. The Labute approximate surface area is 136 Å². The number of carboxylic acid groups (broad SMARTS) is 1. The third-order valence-corrected chi connectivity index (χ3v) is 4.94. The van der Waals surface area contributed by atoms with Crippen LogP contribution in [0.5, 0.6) is 0 Å². The molecule has 0 aromatic carbocycles. The SMILES string of the molecule is COC(=O)[C@H](CC(C)C)N1CC[C@]2(CCCCN2C(=O)O)C1=O. The quantitative estimate of drug-likeness (QED) is 0.795. The zero-order chi connectivity index (χ0) is 17.2. The maximum Gasteiger partial charge on any atom is 0.408 e. The van der Waals surface area contributed by atoms with E-state index < -0.39 is 23.6 Å². The number of ether oxygens (including phenoxy) is 1. The second-order valence-electron chi connectivity index (χ2n) is 6.84. The number of piperidine rings is 1. The minimum absolute atomic E-state index is 0.227. The summed E-state index contributed by atoms with van der Waals surface area (Å²) in [5, 5.41) is 9.47. The Morgan fingerprint density at radius 2 is 1.96 bits per heavy atom. The van der Waals surface area contributed by atoms with E-state index in [2.05, 4.69) is 0 Å². The maximum atomic E-state index is 13.1. The van der Waals surface area contributed by atoms with E-state index in [1.54, 1.807) is 0 Å². The molecular weight excluding hydrogens is 300 g/mol. The summed E-state index contributed by atoms with van der Waals surface area (Å²) in [6.07, 6.45) is 2.04. The summed E-state index contributed by atoms with van der Waals surface area (Å²) in [7, 11) is 1.32. The monoisotopic (exact) mass is 326 g/mol. The molecule has 2 fully saturated rings. The molecule has 0 bridgehead atoms. The van der Waals surface area contributed by atoms with Crippen LogP contribution < -0.4 is 0 Å². The van der Waals surface area contributed by atoms with E-state index in [0.717, 1.165) is 12.8 Å². The van der Waals surface area contributed by atoms with Gasteiger partial charge in [0, 0.05) is 13.1 Å². The molecule has 0 saturated carbocycles. The average molecular weight is 326 g/mol. The number of hydrogen-bond donors (Lipinski definition) is 1. The van der Waals surface area contributed by atoms with E-state index in [1.807, 2.05) is 13.8 Å². The van der Waals surface area contributed by atoms with Crippen LogP contribution in [0.3, 0.4) is 0 Å². The smallest absolute Gasteiger partial charge is 0.408 e. The lowest BCUT2D eigenvalue weighted by molar-refractivity contribution is -0.154. The van der Waals surface area contributed by atoms with Gasteiger partial charge in [0.05, 0.1) is 7.11 Å². The summed E-state index contributed by atoms with van der Waals surface area (Å²) in [5.74, 6) is -0.442. The lowest BCUT2D eigenvalue weighted by atomic mass is 9.85. The number of carbonyl (C=O) groups is 3. The van der Waals surface area contributed by atoms with Gasteiger partial charge in [0.1, 0.15) is 11.6 Å². The second kappa shape index (κ2) is 6.76. The Bertz CT molecular complexity index is 493. The third-order valence-electron chi connectivity index (χ3n) is 4.94. The number of carbonyl (C=O) groups excluding carboxylic acids is 2. The van der Waals surface area contributed by atoms with Crippen LogP contribution in [0.1, 0.15) is 46.0 Å². The number of hydrogen-bond acceptors (Lipinski definition) is 4.